The summed E-state index contributed by atoms with van der Waals surface area (Å²) in [7, 11) is -0.176. The first-order chi connectivity index (χ1) is 26.4. The number of carbonyl (C=O) groups is 4. The van der Waals surface area contributed by atoms with Crippen LogP contribution in [0.15, 0.2) is 124 Å². The average molecular weight is 951 g/mol. The maximum atomic E-state index is 12.6. The maximum absolute atomic E-state index is 12.6. The van der Waals surface area contributed by atoms with Crippen molar-refractivity contribution in [3.05, 3.63) is 109 Å². The Morgan fingerprint density at radius 3 is 1.72 bits per heavy atom. The molecule has 3 aromatic carbocycles. The summed E-state index contributed by atoms with van der Waals surface area (Å²) in [6.45, 7) is 8.72. The molecule has 5 rings (SSSR count). The number of allylic oxidation sites excluding steroid dienone is 2. The van der Waals surface area contributed by atoms with Gasteiger partial charge in [-0.1, -0.05) is 36.4 Å². The Morgan fingerprint density at radius 2 is 1.28 bits per heavy atom. The summed E-state index contributed by atoms with van der Waals surface area (Å²) in [5, 5.41) is 0.245. The van der Waals surface area contributed by atoms with Crippen LogP contribution in [0.1, 0.15) is 47.0 Å². The summed E-state index contributed by atoms with van der Waals surface area (Å²) in [5.41, 5.74) is 0.0771. The summed E-state index contributed by atoms with van der Waals surface area (Å²) in [6.07, 6.45) is 7.61. The zero-order valence-corrected chi connectivity index (χ0v) is 35.9. The monoisotopic (exact) mass is 949 g/mol. The third-order valence-electron chi connectivity index (χ3n) is 7.97. The first-order valence-corrected chi connectivity index (χ1v) is 24.1. The van der Waals surface area contributed by atoms with E-state index in [1.807, 2.05) is 55.1 Å². The van der Waals surface area contributed by atoms with Crippen molar-refractivity contribution in [1.82, 2.24) is 14.7 Å². The predicted molar refractivity (Wildman–Crippen MR) is 210 cm³/mol. The number of nitrogens with zero attached hydrogens (tertiary/aromatic N) is 3. The van der Waals surface area contributed by atoms with Crippen LogP contribution in [0.2, 0.25) is 0 Å². The molecule has 2 aliphatic heterocycles. The van der Waals surface area contributed by atoms with E-state index in [0.717, 1.165) is 25.8 Å². The van der Waals surface area contributed by atoms with Crippen LogP contribution in [0, 0.1) is 0 Å². The molecule has 0 saturated carbocycles. The Hall–Kier alpha value is -4.34. The van der Waals surface area contributed by atoms with Crippen molar-refractivity contribution in [2.24, 2.45) is 0 Å². The van der Waals surface area contributed by atoms with Crippen molar-refractivity contribution < 1.29 is 47.4 Å². The van der Waals surface area contributed by atoms with Crippen molar-refractivity contribution in [3.8, 4) is 5.75 Å². The van der Waals surface area contributed by atoms with Crippen LogP contribution in [0.3, 0.4) is 0 Å². The number of hydrogen-bond acceptors (Lipinski definition) is 8. The van der Waals surface area contributed by atoms with E-state index in [1.165, 1.54) is 37.5 Å². The molecule has 0 radical (unpaired) electrons. The van der Waals surface area contributed by atoms with Gasteiger partial charge in [-0.2, -0.15) is 0 Å². The standard InChI is InChI=1S/C20H17O2S.C19H27N3O4S.6FH.Sb/c1-16(21)22-17-12-14-20(15-13-17)23(18-8-4-2-5-9-18)19-10-6-3-7-11-19;1-4-21-16(23)14(17(24)22(5-2)19(21)27)10-9-13-20-12-8-7-11-15(20)18(25)26-6-3;;;;;;;/h2-15H,1H3;9-10,13,15H,4-8,11-12H2,1-3H3;6*1H;/q+1;;;;;;;;+5/p-6/b;13-9+;;;;;;;. The van der Waals surface area contributed by atoms with E-state index >= 15 is 0 Å². The minimum atomic E-state index is -9.19. The molecule has 0 aliphatic carbocycles. The van der Waals surface area contributed by atoms with Gasteiger partial charge in [-0.3, -0.25) is 24.2 Å². The predicted octanol–water partition coefficient (Wildman–Crippen LogP) is 5.27. The molecule has 2 amide bonds. The van der Waals surface area contributed by atoms with Gasteiger partial charge in [0.2, 0.25) is 0 Å². The second-order valence-corrected chi connectivity index (χ2v) is 18.0. The first kappa shape index (κ1) is 48.8. The molecule has 0 N–H and O–H groups in total. The Kier molecular flexibility index (Phi) is 19.3. The molecule has 9 nitrogen and oxygen atoms in total. The fourth-order valence-corrected chi connectivity index (χ4v) is 8.11. The van der Waals surface area contributed by atoms with Gasteiger partial charge < -0.3 is 19.1 Å². The molecule has 57 heavy (non-hydrogen) atoms. The molecule has 2 saturated heterocycles. The number of benzene rings is 3. The van der Waals surface area contributed by atoms with Gasteiger partial charge in [0.25, 0.3) is 11.8 Å². The van der Waals surface area contributed by atoms with Crippen LogP contribution in [0.4, 0.5) is 14.1 Å². The van der Waals surface area contributed by atoms with Crippen LogP contribution in [0.5, 0.6) is 5.75 Å². The van der Waals surface area contributed by atoms with Crippen molar-refractivity contribution in [3.63, 3.8) is 0 Å². The summed E-state index contributed by atoms with van der Waals surface area (Å²) in [6, 6.07) is 28.3. The summed E-state index contributed by atoms with van der Waals surface area (Å²) in [4.78, 5) is 56.8. The number of piperidine rings is 1. The molecule has 2 aliphatic rings. The summed E-state index contributed by atoms with van der Waals surface area (Å²) < 4.78 is 59.8. The quantitative estimate of drug-likeness (QED) is 0.0397. The fourth-order valence-electron chi connectivity index (χ4n) is 5.61. The van der Waals surface area contributed by atoms with Gasteiger partial charge in [-0.15, -0.1) is 0 Å². The van der Waals surface area contributed by atoms with Gasteiger partial charge in [0.15, 0.2) is 19.8 Å². The van der Waals surface area contributed by atoms with Crippen LogP contribution in [-0.4, -0.2) is 96.1 Å². The van der Waals surface area contributed by atoms with Crippen LogP contribution in [0.25, 0.3) is 0 Å². The van der Waals surface area contributed by atoms with Gasteiger partial charge in [0.05, 0.1) is 17.5 Å². The van der Waals surface area contributed by atoms with Gasteiger partial charge >= 0.3 is 46.3 Å². The third-order valence-corrected chi connectivity index (χ3v) is 10.6. The number of thiocarbonyl (C=S) groups is 1. The molecule has 3 aromatic rings. The van der Waals surface area contributed by atoms with E-state index in [1.54, 1.807) is 19.2 Å². The molecular formula is C39H44F6N3O6S2Sb. The molecule has 0 spiro atoms. The fraction of sp³-hybridized carbons (Fsp3) is 0.308. The van der Waals surface area contributed by atoms with Crippen molar-refractivity contribution in [2.45, 2.75) is 67.7 Å². The van der Waals surface area contributed by atoms with Gasteiger partial charge in [-0.05, 0) is 119 Å². The topological polar surface area (TPSA) is 96.5 Å². The van der Waals surface area contributed by atoms with Gasteiger partial charge in [0, 0.05) is 26.6 Å². The number of likely N-dealkylation sites (N-methyl/N-ethyl adjacent to an activating group) is 2. The van der Waals surface area contributed by atoms with E-state index in [9.17, 15) is 33.2 Å². The molecule has 0 bridgehead atoms. The third kappa shape index (κ3) is 15.8. The van der Waals surface area contributed by atoms with Crippen LogP contribution in [-0.2, 0) is 34.8 Å². The zero-order valence-electron chi connectivity index (χ0n) is 31.7. The van der Waals surface area contributed by atoms with E-state index in [4.69, 9.17) is 21.7 Å². The number of esters is 2. The number of hydrogen-bond donors (Lipinski definition) is 0. The molecule has 2 fully saturated rings. The Bertz CT molecular complexity index is 1800. The Balaban J connectivity index is 0.000000342. The minimum absolute atomic E-state index is 0. The SMILES string of the molecule is CC(=O)Oc1ccc([S+](c2ccccc2)c2ccccc2)cc1.CCOC(=O)C1CCCCN1/C=C/C=C1C(=O)N(CC)C(=S)N(CC)C1=O.[F-].[F][Sb]([F])([F])([F])[F]. The normalized spacial score (nSPS) is 16.4. The van der Waals surface area contributed by atoms with E-state index < -0.39 is 20.3 Å². The number of carbonyl (C=O) groups excluding carboxylic acids is 4. The number of rotatable bonds is 10. The van der Waals surface area contributed by atoms with Crippen molar-refractivity contribution in [1.29, 1.82) is 0 Å². The number of likely N-dealkylation sites (tertiary alicyclic amines) is 1. The number of ether oxygens (including phenoxy) is 2. The summed E-state index contributed by atoms with van der Waals surface area (Å²) in [5.74, 6) is -0.738. The Labute approximate surface area is 341 Å². The number of halogens is 6. The number of amides is 2. The molecule has 18 heteroatoms. The van der Waals surface area contributed by atoms with E-state index in [-0.39, 0.29) is 56.1 Å². The second kappa shape index (κ2) is 22.6. The molecule has 1 unspecified atom stereocenters. The van der Waals surface area contributed by atoms with Crippen LogP contribution < -0.4 is 9.44 Å². The van der Waals surface area contributed by atoms with E-state index in [2.05, 4.69) is 48.5 Å². The zero-order chi connectivity index (χ0) is 41.5. The second-order valence-electron chi connectivity index (χ2n) is 11.9. The van der Waals surface area contributed by atoms with Crippen LogP contribution >= 0.6 is 12.2 Å². The van der Waals surface area contributed by atoms with Gasteiger partial charge in [0.1, 0.15) is 17.4 Å². The molecule has 2 heterocycles. The van der Waals surface area contributed by atoms with Crippen molar-refractivity contribution in [2.75, 3.05) is 26.2 Å². The Morgan fingerprint density at radius 1 is 0.807 bits per heavy atom. The van der Waals surface area contributed by atoms with Gasteiger partial charge in [-0.25, -0.2) is 4.79 Å². The molecule has 310 valence electrons. The average Bonchev–Trinajstić information content (AvgIpc) is 3.14. The molecular weight excluding hydrogens is 906 g/mol. The first-order valence-electron chi connectivity index (χ1n) is 17.7. The molecule has 1 atom stereocenters. The molecule has 0 aromatic heterocycles. The van der Waals surface area contributed by atoms with Crippen molar-refractivity contribution >= 4 is 72.3 Å². The van der Waals surface area contributed by atoms with E-state index in [0.29, 0.717) is 25.4 Å². The summed E-state index contributed by atoms with van der Waals surface area (Å²) >= 11 is -3.95.